The van der Waals surface area contributed by atoms with Crippen molar-refractivity contribution in [3.63, 3.8) is 0 Å². The minimum absolute atomic E-state index is 0.152. The number of allylic oxidation sites excluding steroid dienone is 1. The predicted octanol–water partition coefficient (Wildman–Crippen LogP) is 5.34. The van der Waals surface area contributed by atoms with Gasteiger partial charge in [-0.3, -0.25) is 4.79 Å². The summed E-state index contributed by atoms with van der Waals surface area (Å²) in [5.41, 5.74) is 1.21. The number of furan rings is 1. The van der Waals surface area contributed by atoms with Crippen molar-refractivity contribution < 1.29 is 18.7 Å². The fourth-order valence-electron chi connectivity index (χ4n) is 2.21. The van der Waals surface area contributed by atoms with Crippen molar-refractivity contribution in [2.75, 3.05) is 7.11 Å². The number of ketones is 1. The van der Waals surface area contributed by atoms with E-state index in [-0.39, 0.29) is 5.78 Å². The number of thiophene rings is 1. The van der Waals surface area contributed by atoms with Crippen LogP contribution in [0.3, 0.4) is 0 Å². The summed E-state index contributed by atoms with van der Waals surface area (Å²) in [6.45, 7) is 0. The average molecular weight is 373 g/mol. The van der Waals surface area contributed by atoms with Crippen molar-refractivity contribution in [3.05, 3.63) is 75.1 Å². The Labute approximate surface area is 153 Å². The monoisotopic (exact) mass is 372 g/mol. The fraction of sp³-hybridized carbons (Fsp3) is 0.0526. The molecule has 2 heterocycles. The first-order valence-electron chi connectivity index (χ1n) is 7.32. The average Bonchev–Trinajstić information content (AvgIpc) is 3.28. The van der Waals surface area contributed by atoms with Gasteiger partial charge in [-0.25, -0.2) is 4.79 Å². The number of carbonyl (C=O) groups excluding carboxylic acids is 2. The molecule has 3 rings (SSSR count). The smallest absolute Gasteiger partial charge is 0.348 e. The van der Waals surface area contributed by atoms with E-state index in [1.54, 1.807) is 53.9 Å². The van der Waals surface area contributed by atoms with Gasteiger partial charge >= 0.3 is 5.97 Å². The Bertz CT molecular complexity index is 935. The summed E-state index contributed by atoms with van der Waals surface area (Å²) in [4.78, 5) is 24.3. The highest BCUT2D eigenvalue weighted by atomic mass is 35.5. The number of benzene rings is 1. The summed E-state index contributed by atoms with van der Waals surface area (Å²) in [5.74, 6) is 0.497. The van der Waals surface area contributed by atoms with Crippen LogP contribution in [-0.4, -0.2) is 18.9 Å². The molecule has 0 unspecified atom stereocenters. The third-order valence-corrected chi connectivity index (χ3v) is 4.60. The molecule has 0 fully saturated rings. The van der Waals surface area contributed by atoms with E-state index in [0.717, 1.165) is 0 Å². The van der Waals surface area contributed by atoms with Crippen LogP contribution in [0, 0.1) is 0 Å². The number of rotatable bonds is 5. The molecule has 1 aromatic carbocycles. The van der Waals surface area contributed by atoms with Crippen molar-refractivity contribution >= 4 is 40.8 Å². The first-order valence-corrected chi connectivity index (χ1v) is 8.58. The van der Waals surface area contributed by atoms with Gasteiger partial charge < -0.3 is 9.15 Å². The van der Waals surface area contributed by atoms with Gasteiger partial charge in [0, 0.05) is 16.1 Å². The van der Waals surface area contributed by atoms with E-state index in [1.165, 1.54) is 24.5 Å². The lowest BCUT2D eigenvalue weighted by molar-refractivity contribution is 0.0606. The Balaban J connectivity index is 1.78. The minimum Gasteiger partial charge on any atom is -0.465 e. The zero-order valence-electron chi connectivity index (χ0n) is 13.2. The molecule has 4 nitrogen and oxygen atoms in total. The highest BCUT2D eigenvalue weighted by Crippen LogP contribution is 2.30. The summed E-state index contributed by atoms with van der Waals surface area (Å²) in [6.07, 6.45) is 3.02. The molecule has 0 saturated carbocycles. The molecule has 2 aromatic heterocycles. The molecule has 0 aliphatic carbocycles. The largest absolute Gasteiger partial charge is 0.465 e. The molecular formula is C19H13ClO4S. The summed E-state index contributed by atoms with van der Waals surface area (Å²) in [5, 5.41) is 2.37. The first-order chi connectivity index (χ1) is 12.1. The van der Waals surface area contributed by atoms with Gasteiger partial charge in [-0.1, -0.05) is 11.6 Å². The lowest BCUT2D eigenvalue weighted by atomic mass is 10.1. The molecule has 0 radical (unpaired) electrons. The third-order valence-electron chi connectivity index (χ3n) is 3.46. The Morgan fingerprint density at radius 3 is 2.60 bits per heavy atom. The van der Waals surface area contributed by atoms with Crippen molar-refractivity contribution in [2.45, 2.75) is 0 Å². The van der Waals surface area contributed by atoms with Gasteiger partial charge in [0.2, 0.25) is 0 Å². The minimum atomic E-state index is -0.406. The van der Waals surface area contributed by atoms with E-state index >= 15 is 0 Å². The van der Waals surface area contributed by atoms with Gasteiger partial charge in [-0.05, 0) is 60.0 Å². The van der Waals surface area contributed by atoms with E-state index < -0.39 is 5.97 Å². The maximum absolute atomic E-state index is 12.1. The summed E-state index contributed by atoms with van der Waals surface area (Å²) < 4.78 is 10.5. The molecule has 0 spiro atoms. The van der Waals surface area contributed by atoms with E-state index in [4.69, 9.17) is 20.8 Å². The second kappa shape index (κ2) is 7.51. The van der Waals surface area contributed by atoms with Crippen molar-refractivity contribution in [3.8, 4) is 11.3 Å². The summed E-state index contributed by atoms with van der Waals surface area (Å²) in [7, 11) is 1.34. The van der Waals surface area contributed by atoms with E-state index in [1.807, 2.05) is 0 Å². The molecule has 0 aliphatic rings. The molecule has 126 valence electrons. The second-order valence-corrected chi connectivity index (χ2v) is 6.41. The number of hydrogen-bond acceptors (Lipinski definition) is 5. The number of ether oxygens (including phenoxy) is 1. The van der Waals surface area contributed by atoms with Gasteiger partial charge in [0.15, 0.2) is 5.78 Å². The van der Waals surface area contributed by atoms with Gasteiger partial charge in [-0.2, -0.15) is 0 Å². The quantitative estimate of drug-likeness (QED) is 0.344. The zero-order valence-corrected chi connectivity index (χ0v) is 14.8. The highest BCUT2D eigenvalue weighted by Gasteiger charge is 2.17. The van der Waals surface area contributed by atoms with Crippen molar-refractivity contribution in [2.24, 2.45) is 0 Å². The van der Waals surface area contributed by atoms with E-state index in [9.17, 15) is 9.59 Å². The van der Waals surface area contributed by atoms with E-state index in [0.29, 0.717) is 32.5 Å². The first kappa shape index (κ1) is 17.2. The SMILES string of the molecule is COC(=O)c1sccc1-c1ccc(/C=C/C(=O)c2ccc(Cl)cc2)o1. The van der Waals surface area contributed by atoms with Crippen LogP contribution < -0.4 is 0 Å². The number of halogens is 1. The summed E-state index contributed by atoms with van der Waals surface area (Å²) in [6, 6.07) is 11.9. The predicted molar refractivity (Wildman–Crippen MR) is 98.2 cm³/mol. The standard InChI is InChI=1S/C19H13ClO4S/c1-23-19(22)18-15(10-11-25-18)17-9-7-14(24-17)6-8-16(21)12-2-4-13(20)5-3-12/h2-11H,1H3/b8-6+. The van der Waals surface area contributed by atoms with Crippen LogP contribution in [0.5, 0.6) is 0 Å². The Morgan fingerprint density at radius 1 is 1.12 bits per heavy atom. The van der Waals surface area contributed by atoms with Crippen LogP contribution in [0.25, 0.3) is 17.4 Å². The molecule has 0 bridgehead atoms. The molecule has 0 atom stereocenters. The highest BCUT2D eigenvalue weighted by molar-refractivity contribution is 7.12. The van der Waals surface area contributed by atoms with Crippen LogP contribution in [0.2, 0.25) is 5.02 Å². The van der Waals surface area contributed by atoms with Gasteiger partial charge in [0.25, 0.3) is 0 Å². The Kier molecular flexibility index (Phi) is 5.16. The second-order valence-electron chi connectivity index (χ2n) is 5.06. The van der Waals surface area contributed by atoms with Gasteiger partial charge in [0.05, 0.1) is 7.11 Å². The molecule has 0 saturated heterocycles. The number of hydrogen-bond donors (Lipinski definition) is 0. The maximum Gasteiger partial charge on any atom is 0.348 e. The Morgan fingerprint density at radius 2 is 1.88 bits per heavy atom. The molecule has 3 aromatic rings. The van der Waals surface area contributed by atoms with Crippen molar-refractivity contribution in [1.29, 1.82) is 0 Å². The number of esters is 1. The molecular weight excluding hydrogens is 360 g/mol. The van der Waals surface area contributed by atoms with Crippen molar-refractivity contribution in [1.82, 2.24) is 0 Å². The van der Waals surface area contributed by atoms with Crippen LogP contribution in [0.1, 0.15) is 25.8 Å². The van der Waals surface area contributed by atoms with Crippen LogP contribution in [0.15, 0.2) is 58.3 Å². The molecule has 0 N–H and O–H groups in total. The summed E-state index contributed by atoms with van der Waals surface area (Å²) >= 11 is 7.10. The van der Waals surface area contributed by atoms with Gasteiger partial charge in [0.1, 0.15) is 16.4 Å². The molecule has 25 heavy (non-hydrogen) atoms. The Hall–Kier alpha value is -2.63. The molecule has 0 amide bonds. The molecule has 6 heteroatoms. The number of methoxy groups -OCH3 is 1. The lowest BCUT2D eigenvalue weighted by Crippen LogP contribution is -1.99. The third kappa shape index (κ3) is 3.90. The van der Waals surface area contributed by atoms with Crippen LogP contribution in [0.4, 0.5) is 0 Å². The van der Waals surface area contributed by atoms with Crippen LogP contribution >= 0.6 is 22.9 Å². The fourth-order valence-corrected chi connectivity index (χ4v) is 3.15. The molecule has 0 aliphatic heterocycles. The number of carbonyl (C=O) groups is 2. The van der Waals surface area contributed by atoms with Crippen LogP contribution in [-0.2, 0) is 4.74 Å². The topological polar surface area (TPSA) is 56.5 Å². The zero-order chi connectivity index (χ0) is 17.8. The lowest BCUT2D eigenvalue weighted by Gasteiger charge is -1.98. The van der Waals surface area contributed by atoms with Gasteiger partial charge in [-0.15, -0.1) is 11.3 Å². The normalized spacial score (nSPS) is 11.0. The van der Waals surface area contributed by atoms with E-state index in [2.05, 4.69) is 0 Å². The maximum atomic E-state index is 12.1.